The Balaban J connectivity index is 1.97. The van der Waals surface area contributed by atoms with Gasteiger partial charge in [-0.15, -0.1) is 0 Å². The summed E-state index contributed by atoms with van der Waals surface area (Å²) >= 11 is 0. The van der Waals surface area contributed by atoms with Crippen LogP contribution in [-0.4, -0.2) is 32.7 Å². The number of aryl methyl sites for hydroxylation is 1. The Bertz CT molecular complexity index is 423. The largest absolute Gasteiger partial charge is 0.329 e. The van der Waals surface area contributed by atoms with Crippen molar-refractivity contribution in [1.82, 2.24) is 14.7 Å². The van der Waals surface area contributed by atoms with Crippen molar-refractivity contribution in [3.63, 3.8) is 0 Å². The Hall–Kier alpha value is -1.36. The van der Waals surface area contributed by atoms with Crippen molar-refractivity contribution in [1.29, 1.82) is 0 Å². The third-order valence-electron chi connectivity index (χ3n) is 3.51. The molecule has 0 spiro atoms. The average molecular weight is 220 g/mol. The number of nitrogens with zero attached hydrogens (tertiary/aromatic N) is 3. The highest BCUT2D eigenvalue weighted by molar-refractivity contribution is 5.81. The summed E-state index contributed by atoms with van der Waals surface area (Å²) in [5.74, 6) is 0.196. The van der Waals surface area contributed by atoms with Crippen molar-refractivity contribution in [2.45, 2.75) is 37.4 Å². The quantitative estimate of drug-likeness (QED) is 0.773. The molecule has 5 heteroatoms. The molecule has 2 N–H and O–H groups in total. The first-order chi connectivity index (χ1) is 7.68. The van der Waals surface area contributed by atoms with Crippen LogP contribution in [0.25, 0.3) is 0 Å². The van der Waals surface area contributed by atoms with E-state index in [0.29, 0.717) is 12.5 Å². The molecular formula is C11H16N4O. The summed E-state index contributed by atoms with van der Waals surface area (Å²) in [5, 5.41) is 4.16. The monoisotopic (exact) mass is 220 g/mol. The molecule has 1 saturated carbocycles. The molecule has 3 rings (SSSR count). The van der Waals surface area contributed by atoms with Crippen LogP contribution in [0.5, 0.6) is 0 Å². The SMILES string of the molecule is Cn1nccc1[C@H]1[C@@H](N)CC(=O)N1C1CC1. The summed E-state index contributed by atoms with van der Waals surface area (Å²) in [6, 6.07) is 2.30. The van der Waals surface area contributed by atoms with Gasteiger partial charge in [0.15, 0.2) is 0 Å². The van der Waals surface area contributed by atoms with E-state index in [1.54, 1.807) is 6.20 Å². The molecule has 2 aliphatic rings. The second-order valence-corrected chi connectivity index (χ2v) is 4.72. The van der Waals surface area contributed by atoms with Crippen LogP contribution in [-0.2, 0) is 11.8 Å². The van der Waals surface area contributed by atoms with E-state index in [9.17, 15) is 4.79 Å². The van der Waals surface area contributed by atoms with Gasteiger partial charge in [-0.2, -0.15) is 5.10 Å². The number of rotatable bonds is 2. The van der Waals surface area contributed by atoms with Crippen LogP contribution in [0, 0.1) is 0 Å². The Morgan fingerprint density at radius 2 is 2.25 bits per heavy atom. The number of hydrogen-bond acceptors (Lipinski definition) is 3. The number of amides is 1. The molecule has 0 aromatic carbocycles. The molecule has 1 aromatic heterocycles. The summed E-state index contributed by atoms with van der Waals surface area (Å²) in [6.45, 7) is 0. The molecule has 2 fully saturated rings. The number of hydrogen-bond donors (Lipinski definition) is 1. The van der Waals surface area contributed by atoms with Crippen molar-refractivity contribution >= 4 is 5.91 Å². The van der Waals surface area contributed by atoms with E-state index in [0.717, 1.165) is 18.5 Å². The van der Waals surface area contributed by atoms with Gasteiger partial charge in [0, 0.05) is 31.7 Å². The van der Waals surface area contributed by atoms with Gasteiger partial charge < -0.3 is 10.6 Å². The summed E-state index contributed by atoms with van der Waals surface area (Å²) in [6.07, 6.45) is 4.46. The van der Waals surface area contributed by atoms with Crippen molar-refractivity contribution in [2.24, 2.45) is 12.8 Å². The summed E-state index contributed by atoms with van der Waals surface area (Å²) in [5.41, 5.74) is 7.13. The Kier molecular flexibility index (Phi) is 2.04. The first kappa shape index (κ1) is 9.84. The minimum absolute atomic E-state index is 0.0208. The highest BCUT2D eigenvalue weighted by Gasteiger charge is 2.46. The molecule has 2 atom stereocenters. The second kappa shape index (κ2) is 3.31. The molecule has 0 unspecified atom stereocenters. The zero-order valence-electron chi connectivity index (χ0n) is 9.34. The Morgan fingerprint density at radius 1 is 1.50 bits per heavy atom. The minimum Gasteiger partial charge on any atom is -0.329 e. The van der Waals surface area contributed by atoms with Crippen molar-refractivity contribution in [3.8, 4) is 0 Å². The molecule has 0 bridgehead atoms. The van der Waals surface area contributed by atoms with Crippen LogP contribution in [0.15, 0.2) is 12.3 Å². The van der Waals surface area contributed by atoms with E-state index in [2.05, 4.69) is 5.10 Å². The normalized spacial score (nSPS) is 30.1. The molecule has 2 heterocycles. The van der Waals surface area contributed by atoms with Gasteiger partial charge in [0.25, 0.3) is 0 Å². The van der Waals surface area contributed by atoms with Crippen LogP contribution in [0.2, 0.25) is 0 Å². The summed E-state index contributed by atoms with van der Waals surface area (Å²) in [7, 11) is 1.90. The Morgan fingerprint density at radius 3 is 2.81 bits per heavy atom. The van der Waals surface area contributed by atoms with E-state index in [-0.39, 0.29) is 18.0 Å². The maximum absolute atomic E-state index is 11.9. The highest BCUT2D eigenvalue weighted by atomic mass is 16.2. The zero-order chi connectivity index (χ0) is 11.3. The third-order valence-corrected chi connectivity index (χ3v) is 3.51. The molecule has 86 valence electrons. The van der Waals surface area contributed by atoms with Gasteiger partial charge in [0.1, 0.15) is 0 Å². The van der Waals surface area contributed by atoms with Crippen molar-refractivity contribution in [3.05, 3.63) is 18.0 Å². The predicted octanol–water partition coefficient (Wildman–Crippen LogP) is 0.183. The Labute approximate surface area is 94.2 Å². The van der Waals surface area contributed by atoms with Gasteiger partial charge in [0.2, 0.25) is 5.91 Å². The molecule has 1 aliphatic heterocycles. The molecule has 0 radical (unpaired) electrons. The van der Waals surface area contributed by atoms with E-state index in [1.165, 1.54) is 0 Å². The van der Waals surface area contributed by atoms with Crippen LogP contribution >= 0.6 is 0 Å². The first-order valence-electron chi connectivity index (χ1n) is 5.73. The van der Waals surface area contributed by atoms with E-state index >= 15 is 0 Å². The topological polar surface area (TPSA) is 64.2 Å². The lowest BCUT2D eigenvalue weighted by Gasteiger charge is -2.26. The van der Waals surface area contributed by atoms with Gasteiger partial charge in [-0.25, -0.2) is 0 Å². The molecule has 5 nitrogen and oxygen atoms in total. The van der Waals surface area contributed by atoms with Gasteiger partial charge >= 0.3 is 0 Å². The molecule has 1 saturated heterocycles. The van der Waals surface area contributed by atoms with Crippen LogP contribution in [0.3, 0.4) is 0 Å². The lowest BCUT2D eigenvalue weighted by molar-refractivity contribution is -0.129. The maximum Gasteiger partial charge on any atom is 0.225 e. The molecule has 16 heavy (non-hydrogen) atoms. The lowest BCUT2D eigenvalue weighted by atomic mass is 10.1. The van der Waals surface area contributed by atoms with Crippen molar-refractivity contribution in [2.75, 3.05) is 0 Å². The maximum atomic E-state index is 11.9. The van der Waals surface area contributed by atoms with Crippen LogP contribution in [0.4, 0.5) is 0 Å². The van der Waals surface area contributed by atoms with Crippen LogP contribution in [0.1, 0.15) is 31.0 Å². The summed E-state index contributed by atoms with van der Waals surface area (Å²) < 4.78 is 1.82. The van der Waals surface area contributed by atoms with E-state index in [4.69, 9.17) is 5.73 Å². The molecular weight excluding hydrogens is 204 g/mol. The number of carbonyl (C=O) groups excluding carboxylic acids is 1. The highest BCUT2D eigenvalue weighted by Crippen LogP contribution is 2.40. The smallest absolute Gasteiger partial charge is 0.225 e. The number of aromatic nitrogens is 2. The second-order valence-electron chi connectivity index (χ2n) is 4.72. The fourth-order valence-corrected chi connectivity index (χ4v) is 2.60. The number of carbonyl (C=O) groups is 1. The lowest BCUT2D eigenvalue weighted by Crippen LogP contribution is -2.35. The number of nitrogens with two attached hydrogens (primary N) is 1. The predicted molar refractivity (Wildman–Crippen MR) is 58.4 cm³/mol. The van der Waals surface area contributed by atoms with E-state index < -0.39 is 0 Å². The zero-order valence-corrected chi connectivity index (χ0v) is 9.34. The standard InChI is InChI=1S/C11H16N4O/c1-14-9(4-5-13-14)11-8(12)6-10(16)15(11)7-2-3-7/h4-5,7-8,11H,2-3,6,12H2,1H3/t8-,11+/m0/s1. The van der Waals surface area contributed by atoms with E-state index in [1.807, 2.05) is 22.7 Å². The van der Waals surface area contributed by atoms with Crippen LogP contribution < -0.4 is 5.73 Å². The fraction of sp³-hybridized carbons (Fsp3) is 0.636. The minimum atomic E-state index is -0.0940. The average Bonchev–Trinajstić information content (AvgIpc) is 2.91. The van der Waals surface area contributed by atoms with Crippen molar-refractivity contribution < 1.29 is 4.79 Å². The fourth-order valence-electron chi connectivity index (χ4n) is 2.60. The number of likely N-dealkylation sites (tertiary alicyclic amines) is 1. The van der Waals surface area contributed by atoms with Gasteiger partial charge in [-0.1, -0.05) is 0 Å². The van der Waals surface area contributed by atoms with Gasteiger partial charge in [-0.3, -0.25) is 9.48 Å². The van der Waals surface area contributed by atoms with Gasteiger partial charge in [-0.05, 0) is 18.9 Å². The molecule has 1 aliphatic carbocycles. The third kappa shape index (κ3) is 1.35. The molecule has 1 aromatic rings. The van der Waals surface area contributed by atoms with Gasteiger partial charge in [0.05, 0.1) is 11.7 Å². The molecule has 1 amide bonds. The summed E-state index contributed by atoms with van der Waals surface area (Å²) in [4.78, 5) is 13.9. The first-order valence-corrected chi connectivity index (χ1v) is 5.73.